The normalized spacial score (nSPS) is 10.2. The van der Waals surface area contributed by atoms with E-state index in [2.05, 4.69) is 20.8 Å². The lowest BCUT2D eigenvalue weighted by atomic mass is 10.1. The van der Waals surface area contributed by atoms with Gasteiger partial charge in [-0.2, -0.15) is 0 Å². The van der Waals surface area contributed by atoms with Gasteiger partial charge in [-0.05, 0) is 24.1 Å². The molecule has 1 aromatic rings. The van der Waals surface area contributed by atoms with Crippen molar-refractivity contribution >= 4 is 15.9 Å². The van der Waals surface area contributed by atoms with Gasteiger partial charge in [-0.1, -0.05) is 15.9 Å². The Hall–Kier alpha value is -0.780. The van der Waals surface area contributed by atoms with Crippen molar-refractivity contribution in [1.29, 1.82) is 0 Å². The third kappa shape index (κ3) is 2.60. The molecule has 0 aromatic heterocycles. The molecule has 5 heteroatoms. The van der Waals surface area contributed by atoms with E-state index < -0.39 is 0 Å². The summed E-state index contributed by atoms with van der Waals surface area (Å²) in [4.78, 5) is 4.48. The molecular weight excluding hydrogens is 250 g/mol. The van der Waals surface area contributed by atoms with Crippen LogP contribution >= 0.6 is 15.9 Å². The summed E-state index contributed by atoms with van der Waals surface area (Å²) in [5, 5.41) is 9.43. The standard InChI is InChI=1S/C9H12BrNO3/c1-13-9-4-6(2-3-14-11)7(10)5-8(9)12/h4-5,12H,2-3,11H2,1H3. The minimum Gasteiger partial charge on any atom is -0.504 e. The molecule has 0 aliphatic heterocycles. The van der Waals surface area contributed by atoms with Crippen LogP contribution in [0.25, 0.3) is 0 Å². The lowest BCUT2D eigenvalue weighted by Gasteiger charge is -2.08. The van der Waals surface area contributed by atoms with E-state index >= 15 is 0 Å². The summed E-state index contributed by atoms with van der Waals surface area (Å²) < 4.78 is 5.79. The fourth-order valence-corrected chi connectivity index (χ4v) is 1.64. The fourth-order valence-electron chi connectivity index (χ4n) is 1.11. The number of nitrogens with two attached hydrogens (primary N) is 1. The predicted octanol–water partition coefficient (Wildman–Crippen LogP) is 1.60. The van der Waals surface area contributed by atoms with Crippen molar-refractivity contribution in [2.24, 2.45) is 5.90 Å². The van der Waals surface area contributed by atoms with E-state index in [9.17, 15) is 5.11 Å². The topological polar surface area (TPSA) is 64.7 Å². The first-order valence-corrected chi connectivity index (χ1v) is 4.85. The van der Waals surface area contributed by atoms with Gasteiger partial charge < -0.3 is 14.7 Å². The largest absolute Gasteiger partial charge is 0.504 e. The molecular formula is C9H12BrNO3. The average Bonchev–Trinajstić information content (AvgIpc) is 2.17. The van der Waals surface area contributed by atoms with Crippen molar-refractivity contribution in [3.63, 3.8) is 0 Å². The minimum atomic E-state index is 0.108. The van der Waals surface area contributed by atoms with Crippen LogP contribution in [0, 0.1) is 0 Å². The van der Waals surface area contributed by atoms with Gasteiger partial charge in [-0.25, -0.2) is 5.90 Å². The Bertz CT molecular complexity index is 317. The lowest BCUT2D eigenvalue weighted by molar-refractivity contribution is 0.141. The van der Waals surface area contributed by atoms with Crippen LogP contribution in [0.5, 0.6) is 11.5 Å². The Morgan fingerprint density at radius 1 is 1.50 bits per heavy atom. The van der Waals surface area contributed by atoms with Gasteiger partial charge in [-0.15, -0.1) is 0 Å². The Kier molecular flexibility index (Phi) is 4.19. The van der Waals surface area contributed by atoms with E-state index in [1.807, 2.05) is 0 Å². The molecule has 14 heavy (non-hydrogen) atoms. The molecule has 0 heterocycles. The third-order valence-corrected chi connectivity index (χ3v) is 2.58. The number of hydrogen-bond donors (Lipinski definition) is 2. The molecule has 0 saturated heterocycles. The Labute approximate surface area is 90.7 Å². The van der Waals surface area contributed by atoms with Gasteiger partial charge in [0.15, 0.2) is 11.5 Å². The van der Waals surface area contributed by atoms with Gasteiger partial charge in [0.1, 0.15) is 0 Å². The molecule has 78 valence electrons. The van der Waals surface area contributed by atoms with Crippen LogP contribution in [-0.2, 0) is 11.3 Å². The van der Waals surface area contributed by atoms with Gasteiger partial charge in [0, 0.05) is 4.47 Å². The van der Waals surface area contributed by atoms with Crippen LogP contribution in [0.1, 0.15) is 5.56 Å². The molecule has 0 amide bonds. The molecule has 3 N–H and O–H groups in total. The maximum Gasteiger partial charge on any atom is 0.160 e. The second-order valence-corrected chi connectivity index (χ2v) is 3.59. The molecule has 1 aromatic carbocycles. The molecule has 0 aliphatic rings. The molecule has 0 fully saturated rings. The Morgan fingerprint density at radius 2 is 2.21 bits per heavy atom. The summed E-state index contributed by atoms with van der Waals surface area (Å²) >= 11 is 3.33. The zero-order chi connectivity index (χ0) is 10.6. The first kappa shape index (κ1) is 11.3. The van der Waals surface area contributed by atoms with Crippen molar-refractivity contribution < 1.29 is 14.7 Å². The van der Waals surface area contributed by atoms with Crippen molar-refractivity contribution in [3.8, 4) is 11.5 Å². The van der Waals surface area contributed by atoms with Crippen molar-refractivity contribution in [2.75, 3.05) is 13.7 Å². The Balaban J connectivity index is 2.92. The number of ether oxygens (including phenoxy) is 1. The number of phenols is 1. The number of rotatable bonds is 4. The summed E-state index contributed by atoms with van der Waals surface area (Å²) in [7, 11) is 1.51. The number of aromatic hydroxyl groups is 1. The van der Waals surface area contributed by atoms with Gasteiger partial charge in [0.2, 0.25) is 0 Å². The van der Waals surface area contributed by atoms with Crippen LogP contribution in [0.2, 0.25) is 0 Å². The number of halogens is 1. The second-order valence-electron chi connectivity index (χ2n) is 2.74. The van der Waals surface area contributed by atoms with E-state index in [0.29, 0.717) is 18.8 Å². The van der Waals surface area contributed by atoms with Gasteiger partial charge in [-0.3, -0.25) is 0 Å². The first-order chi connectivity index (χ1) is 6.69. The summed E-state index contributed by atoms with van der Waals surface area (Å²) in [5.74, 6) is 5.48. The molecule has 0 spiro atoms. The number of benzene rings is 1. The fraction of sp³-hybridized carbons (Fsp3) is 0.333. The maximum atomic E-state index is 9.43. The van der Waals surface area contributed by atoms with E-state index in [1.165, 1.54) is 7.11 Å². The van der Waals surface area contributed by atoms with Crippen LogP contribution in [0.15, 0.2) is 16.6 Å². The van der Waals surface area contributed by atoms with Gasteiger partial charge >= 0.3 is 0 Å². The van der Waals surface area contributed by atoms with Gasteiger partial charge in [0.05, 0.1) is 13.7 Å². The van der Waals surface area contributed by atoms with Crippen LogP contribution in [0.3, 0.4) is 0 Å². The molecule has 0 unspecified atom stereocenters. The smallest absolute Gasteiger partial charge is 0.160 e. The summed E-state index contributed by atoms with van der Waals surface area (Å²) in [6, 6.07) is 3.34. The Morgan fingerprint density at radius 3 is 2.79 bits per heavy atom. The van der Waals surface area contributed by atoms with E-state index in [1.54, 1.807) is 12.1 Å². The molecule has 0 radical (unpaired) electrons. The lowest BCUT2D eigenvalue weighted by Crippen LogP contribution is -2.04. The highest BCUT2D eigenvalue weighted by atomic mass is 79.9. The molecule has 0 bridgehead atoms. The van der Waals surface area contributed by atoms with Gasteiger partial charge in [0.25, 0.3) is 0 Å². The molecule has 0 saturated carbocycles. The summed E-state index contributed by atoms with van der Waals surface area (Å²) in [6.07, 6.45) is 0.660. The number of phenolic OH excluding ortho intramolecular Hbond substituents is 1. The average molecular weight is 262 g/mol. The highest BCUT2D eigenvalue weighted by Crippen LogP contribution is 2.32. The van der Waals surface area contributed by atoms with Crippen molar-refractivity contribution in [1.82, 2.24) is 0 Å². The molecule has 4 nitrogen and oxygen atoms in total. The minimum absolute atomic E-state index is 0.108. The predicted molar refractivity (Wildman–Crippen MR) is 56.2 cm³/mol. The van der Waals surface area contributed by atoms with E-state index in [-0.39, 0.29) is 5.75 Å². The first-order valence-electron chi connectivity index (χ1n) is 4.06. The highest BCUT2D eigenvalue weighted by molar-refractivity contribution is 9.10. The van der Waals surface area contributed by atoms with E-state index in [4.69, 9.17) is 10.6 Å². The molecule has 1 rings (SSSR count). The molecule has 0 aliphatic carbocycles. The third-order valence-electron chi connectivity index (χ3n) is 1.84. The van der Waals surface area contributed by atoms with Crippen molar-refractivity contribution in [2.45, 2.75) is 6.42 Å². The summed E-state index contributed by atoms with van der Waals surface area (Å²) in [6.45, 7) is 0.423. The monoisotopic (exact) mass is 261 g/mol. The quantitative estimate of drug-likeness (QED) is 0.809. The summed E-state index contributed by atoms with van der Waals surface area (Å²) in [5.41, 5.74) is 0.977. The van der Waals surface area contributed by atoms with E-state index in [0.717, 1.165) is 10.0 Å². The zero-order valence-electron chi connectivity index (χ0n) is 7.79. The highest BCUT2D eigenvalue weighted by Gasteiger charge is 2.07. The second kappa shape index (κ2) is 5.19. The molecule has 0 atom stereocenters. The maximum absolute atomic E-state index is 9.43. The SMILES string of the molecule is COc1cc(CCON)c(Br)cc1O. The van der Waals surface area contributed by atoms with Crippen LogP contribution in [-0.4, -0.2) is 18.8 Å². The zero-order valence-corrected chi connectivity index (χ0v) is 9.37. The number of hydrogen-bond acceptors (Lipinski definition) is 4. The van der Waals surface area contributed by atoms with Crippen LogP contribution < -0.4 is 10.6 Å². The van der Waals surface area contributed by atoms with Crippen LogP contribution in [0.4, 0.5) is 0 Å². The number of methoxy groups -OCH3 is 1. The van der Waals surface area contributed by atoms with Crippen molar-refractivity contribution in [3.05, 3.63) is 22.2 Å².